The average molecular weight is 280 g/mol. The Morgan fingerprint density at radius 2 is 1.62 bits per heavy atom. The number of hydrogen-bond donors (Lipinski definition) is 1. The minimum atomic E-state index is 0.107. The molecule has 2 rings (SSSR count). The van der Waals surface area contributed by atoms with Crippen LogP contribution in [0.4, 0.5) is 0 Å². The minimum Gasteiger partial charge on any atom is -0.489 e. The number of hydrogen-bond acceptors (Lipinski definition) is 2. The summed E-state index contributed by atoms with van der Waals surface area (Å²) in [5.74, 6) is 6.80. The molecule has 2 nitrogen and oxygen atoms in total. The molecule has 0 saturated heterocycles. The topological polar surface area (TPSA) is 29.5 Å². The van der Waals surface area contributed by atoms with Gasteiger partial charge in [-0.1, -0.05) is 43.0 Å². The molecule has 0 amide bonds. The van der Waals surface area contributed by atoms with Crippen LogP contribution in [0.5, 0.6) is 5.75 Å². The molecule has 1 N–H and O–H groups in total. The third-order valence-corrected chi connectivity index (χ3v) is 3.16. The summed E-state index contributed by atoms with van der Waals surface area (Å²) >= 11 is 0. The maximum Gasteiger partial charge on any atom is 0.119 e. The number of rotatable bonds is 5. The van der Waals surface area contributed by atoms with E-state index < -0.39 is 0 Å². The van der Waals surface area contributed by atoms with Crippen LogP contribution in [-0.2, 0) is 13.0 Å². The van der Waals surface area contributed by atoms with Crippen molar-refractivity contribution in [3.63, 3.8) is 0 Å². The first kappa shape index (κ1) is 15.2. The molecule has 21 heavy (non-hydrogen) atoms. The van der Waals surface area contributed by atoms with Gasteiger partial charge in [-0.05, 0) is 41.8 Å². The third kappa shape index (κ3) is 4.98. The zero-order valence-electron chi connectivity index (χ0n) is 12.3. The van der Waals surface area contributed by atoms with Crippen molar-refractivity contribution in [3.8, 4) is 17.6 Å². The quantitative estimate of drug-likeness (QED) is 0.849. The second-order valence-electron chi connectivity index (χ2n) is 4.76. The van der Waals surface area contributed by atoms with Crippen LogP contribution in [0.25, 0.3) is 0 Å². The highest BCUT2D eigenvalue weighted by molar-refractivity contribution is 5.36. The first-order chi connectivity index (χ1) is 10.3. The van der Waals surface area contributed by atoms with Crippen LogP contribution >= 0.6 is 0 Å². The second-order valence-corrected chi connectivity index (χ2v) is 4.76. The lowest BCUT2D eigenvalue weighted by atomic mass is 10.1. The molecule has 2 heteroatoms. The smallest absolute Gasteiger partial charge is 0.119 e. The number of aryl methyl sites for hydroxylation is 1. The standard InChI is InChI=1S/C19H20O2/c1-2-16-10-12-19(13-11-16)21-15-18-8-6-17(7-9-18)5-3-4-14-20/h6-13,20H,2,4,14-15H2,1H3. The lowest BCUT2D eigenvalue weighted by molar-refractivity contribution is 0.305. The molecular weight excluding hydrogens is 260 g/mol. The van der Waals surface area contributed by atoms with E-state index in [9.17, 15) is 0 Å². The van der Waals surface area contributed by atoms with Gasteiger partial charge in [-0.15, -0.1) is 0 Å². The van der Waals surface area contributed by atoms with Crippen LogP contribution in [0, 0.1) is 11.8 Å². The summed E-state index contributed by atoms with van der Waals surface area (Å²) in [6, 6.07) is 16.2. The molecule has 108 valence electrons. The molecule has 0 heterocycles. The minimum absolute atomic E-state index is 0.107. The van der Waals surface area contributed by atoms with Crippen molar-refractivity contribution in [2.75, 3.05) is 6.61 Å². The van der Waals surface area contributed by atoms with E-state index in [0.29, 0.717) is 13.0 Å². The van der Waals surface area contributed by atoms with Crippen molar-refractivity contribution in [3.05, 3.63) is 65.2 Å². The normalized spacial score (nSPS) is 9.81. The predicted molar refractivity (Wildman–Crippen MR) is 85.2 cm³/mol. The van der Waals surface area contributed by atoms with Crippen LogP contribution < -0.4 is 4.74 Å². The van der Waals surface area contributed by atoms with Crippen molar-refractivity contribution >= 4 is 0 Å². The average Bonchev–Trinajstić information content (AvgIpc) is 2.55. The van der Waals surface area contributed by atoms with Gasteiger partial charge in [0.2, 0.25) is 0 Å². The van der Waals surface area contributed by atoms with Crippen LogP contribution in [0.2, 0.25) is 0 Å². The Hall–Kier alpha value is -2.24. The zero-order valence-corrected chi connectivity index (χ0v) is 12.3. The second kappa shape index (κ2) is 8.14. The summed E-state index contributed by atoms with van der Waals surface area (Å²) in [6.45, 7) is 2.80. The zero-order chi connectivity index (χ0) is 14.9. The SMILES string of the molecule is CCc1ccc(OCc2ccc(C#CCCO)cc2)cc1. The Kier molecular flexibility index (Phi) is 5.87. The molecule has 0 aliphatic heterocycles. The van der Waals surface area contributed by atoms with Crippen molar-refractivity contribution in [1.29, 1.82) is 0 Å². The first-order valence-electron chi connectivity index (χ1n) is 7.22. The highest BCUT2D eigenvalue weighted by Gasteiger charge is 1.97. The predicted octanol–water partition coefficient (Wildman–Crippen LogP) is 3.56. The maximum absolute atomic E-state index is 8.68. The summed E-state index contributed by atoms with van der Waals surface area (Å²) in [6.07, 6.45) is 1.55. The Morgan fingerprint density at radius 3 is 2.24 bits per heavy atom. The number of aliphatic hydroxyl groups excluding tert-OH is 1. The van der Waals surface area contributed by atoms with Gasteiger partial charge in [-0.2, -0.15) is 0 Å². The molecule has 0 fully saturated rings. The molecule has 0 aliphatic rings. The summed E-state index contributed by atoms with van der Waals surface area (Å²) in [5, 5.41) is 8.68. The maximum atomic E-state index is 8.68. The fourth-order valence-corrected chi connectivity index (χ4v) is 1.89. The molecule has 0 bridgehead atoms. The van der Waals surface area contributed by atoms with Crippen LogP contribution in [-0.4, -0.2) is 11.7 Å². The van der Waals surface area contributed by atoms with Crippen LogP contribution in [0.3, 0.4) is 0 Å². The Morgan fingerprint density at radius 1 is 0.952 bits per heavy atom. The number of benzene rings is 2. The van der Waals surface area contributed by atoms with Crippen molar-refractivity contribution in [2.24, 2.45) is 0 Å². The monoisotopic (exact) mass is 280 g/mol. The molecule has 0 unspecified atom stereocenters. The van der Waals surface area contributed by atoms with Crippen LogP contribution in [0.15, 0.2) is 48.5 Å². The molecule has 0 radical (unpaired) electrons. The molecule has 0 spiro atoms. The van der Waals surface area contributed by atoms with Gasteiger partial charge in [0, 0.05) is 12.0 Å². The summed E-state index contributed by atoms with van der Waals surface area (Å²) in [7, 11) is 0. The summed E-state index contributed by atoms with van der Waals surface area (Å²) in [5.41, 5.74) is 3.38. The lowest BCUT2D eigenvalue weighted by Gasteiger charge is -2.07. The third-order valence-electron chi connectivity index (χ3n) is 3.16. The van der Waals surface area contributed by atoms with E-state index in [1.54, 1.807) is 0 Å². The Balaban J connectivity index is 1.89. The number of ether oxygens (including phenoxy) is 1. The fourth-order valence-electron chi connectivity index (χ4n) is 1.89. The fraction of sp³-hybridized carbons (Fsp3) is 0.263. The molecule has 0 atom stereocenters. The van der Waals surface area contributed by atoms with Crippen molar-refractivity contribution < 1.29 is 9.84 Å². The van der Waals surface area contributed by atoms with E-state index in [2.05, 4.69) is 30.9 Å². The Labute approximate surface area is 126 Å². The first-order valence-corrected chi connectivity index (χ1v) is 7.22. The molecule has 2 aromatic carbocycles. The van der Waals surface area contributed by atoms with Gasteiger partial charge in [0.1, 0.15) is 12.4 Å². The molecule has 0 saturated carbocycles. The van der Waals surface area contributed by atoms with Gasteiger partial charge in [-0.3, -0.25) is 0 Å². The molecule has 0 aromatic heterocycles. The Bertz CT molecular complexity index is 601. The van der Waals surface area contributed by atoms with Gasteiger partial charge in [-0.25, -0.2) is 0 Å². The van der Waals surface area contributed by atoms with Gasteiger partial charge in [0.25, 0.3) is 0 Å². The van der Waals surface area contributed by atoms with Gasteiger partial charge in [0.15, 0.2) is 0 Å². The highest BCUT2D eigenvalue weighted by atomic mass is 16.5. The molecule has 0 aliphatic carbocycles. The van der Waals surface area contributed by atoms with E-state index in [1.165, 1.54) is 5.56 Å². The van der Waals surface area contributed by atoms with E-state index in [1.807, 2.05) is 36.4 Å². The molecular formula is C19H20O2. The van der Waals surface area contributed by atoms with Crippen molar-refractivity contribution in [1.82, 2.24) is 0 Å². The van der Waals surface area contributed by atoms with Gasteiger partial charge >= 0.3 is 0 Å². The van der Waals surface area contributed by atoms with Crippen molar-refractivity contribution in [2.45, 2.75) is 26.4 Å². The summed E-state index contributed by atoms with van der Waals surface area (Å²) < 4.78 is 5.76. The van der Waals surface area contributed by atoms with Gasteiger partial charge in [0.05, 0.1) is 6.61 Å². The lowest BCUT2D eigenvalue weighted by Crippen LogP contribution is -1.95. The van der Waals surface area contributed by atoms with E-state index in [4.69, 9.17) is 9.84 Å². The highest BCUT2D eigenvalue weighted by Crippen LogP contribution is 2.14. The largest absolute Gasteiger partial charge is 0.489 e. The van der Waals surface area contributed by atoms with E-state index in [-0.39, 0.29) is 6.61 Å². The van der Waals surface area contributed by atoms with Gasteiger partial charge < -0.3 is 9.84 Å². The number of aliphatic hydroxyl groups is 1. The van der Waals surface area contributed by atoms with E-state index >= 15 is 0 Å². The molecule has 2 aromatic rings. The van der Waals surface area contributed by atoms with E-state index in [0.717, 1.165) is 23.3 Å². The van der Waals surface area contributed by atoms with Crippen LogP contribution in [0.1, 0.15) is 30.0 Å². The summed E-state index contributed by atoms with van der Waals surface area (Å²) in [4.78, 5) is 0.